The fourth-order valence-electron chi connectivity index (χ4n) is 9.66. The molecule has 0 aromatic carbocycles. The van der Waals surface area contributed by atoms with E-state index in [1.54, 1.807) is 24.8 Å². The molecule has 16 N–H and O–H groups in total. The van der Waals surface area contributed by atoms with Crippen molar-refractivity contribution < 1.29 is 139 Å². The second-order valence-corrected chi connectivity index (χ2v) is 21.6. The number of aromatic nitrogens is 12. The Balaban J connectivity index is 0.924. The standard InChI is InChI=1S/C49H80N12O28/c62-13-29-33(66)37(70)41(74)45(86-29)82-5-1-58-9-25(50-54-58)17-78-21-49(22-79-18-26-10-59(55-51-26)2-6-83-46-42(75)38(71)34(67)30(14-63)87-46,23-80-19-27-11-60(56-52-27)3-7-84-47-43(76)39(72)35(68)31(15-64)88-47)24-81-20-28-12-61(57-53-28)4-8-85-48-44(77)40(73)36(69)32(16-65)89-48/h9-12,29-48,62-77H,1-8,13-24H2/t29-,30-,31-,32-,33-,34-,35-,36-,37+,38+,39+,40+,41+,42+,43+,44+,45+,46+,47+,48+/m1/s1. The van der Waals surface area contributed by atoms with E-state index in [9.17, 15) is 81.7 Å². The van der Waals surface area contributed by atoms with Gasteiger partial charge in [0.2, 0.25) is 0 Å². The zero-order valence-electron chi connectivity index (χ0n) is 47.9. The number of hydrogen-bond donors (Lipinski definition) is 16. The quantitative estimate of drug-likeness (QED) is 0.0201. The van der Waals surface area contributed by atoms with Crippen molar-refractivity contribution in [1.82, 2.24) is 60.0 Å². The molecule has 0 unspecified atom stereocenters. The molecular formula is C49H80N12O28. The largest absolute Gasteiger partial charge is 0.394 e. The second kappa shape index (κ2) is 33.8. The summed E-state index contributed by atoms with van der Waals surface area (Å²) in [6.45, 7) is -3.59. The van der Waals surface area contributed by atoms with Crippen LogP contribution in [0.15, 0.2) is 24.8 Å². The predicted molar refractivity (Wildman–Crippen MR) is 280 cm³/mol. The number of aliphatic hydroxyl groups excluding tert-OH is 16. The van der Waals surface area contributed by atoms with Crippen molar-refractivity contribution in [3.05, 3.63) is 47.6 Å². The molecule has 4 aromatic heterocycles. The Bertz CT molecular complexity index is 2310. The summed E-state index contributed by atoms with van der Waals surface area (Å²) in [4.78, 5) is 0. The van der Waals surface area contributed by atoms with E-state index < -0.39 is 155 Å². The molecule has 504 valence electrons. The molecule has 0 bridgehead atoms. The van der Waals surface area contributed by atoms with Crippen molar-refractivity contribution >= 4 is 0 Å². The van der Waals surface area contributed by atoms with Gasteiger partial charge in [-0.1, -0.05) is 20.9 Å². The summed E-state index contributed by atoms with van der Waals surface area (Å²) >= 11 is 0. The second-order valence-electron chi connectivity index (χ2n) is 21.6. The van der Waals surface area contributed by atoms with Crippen molar-refractivity contribution in [2.75, 3.05) is 79.3 Å². The summed E-state index contributed by atoms with van der Waals surface area (Å²) in [5, 5.41) is 194. The highest BCUT2D eigenvalue weighted by molar-refractivity contribution is 4.96. The van der Waals surface area contributed by atoms with Gasteiger partial charge in [0, 0.05) is 0 Å². The molecule has 4 aliphatic heterocycles. The lowest BCUT2D eigenvalue weighted by Gasteiger charge is -2.39. The van der Waals surface area contributed by atoms with Gasteiger partial charge in [0.25, 0.3) is 0 Å². The van der Waals surface area contributed by atoms with Crippen LogP contribution in [0.25, 0.3) is 0 Å². The van der Waals surface area contributed by atoms with Crippen LogP contribution in [0.1, 0.15) is 22.8 Å². The van der Waals surface area contributed by atoms with Crippen LogP contribution in [0.4, 0.5) is 0 Å². The summed E-state index contributed by atoms with van der Waals surface area (Å²) in [5.74, 6) is 0. The van der Waals surface area contributed by atoms with E-state index in [0.29, 0.717) is 22.8 Å². The third kappa shape index (κ3) is 18.8. The number of hydrogen-bond acceptors (Lipinski definition) is 36. The van der Waals surface area contributed by atoms with Crippen LogP contribution < -0.4 is 0 Å². The molecule has 89 heavy (non-hydrogen) atoms. The number of aliphatic hydroxyl groups is 16. The lowest BCUT2D eigenvalue weighted by Crippen LogP contribution is -2.59. The fourth-order valence-corrected chi connectivity index (χ4v) is 9.66. The van der Waals surface area contributed by atoms with E-state index in [1.807, 2.05) is 0 Å². The maximum Gasteiger partial charge on any atom is 0.186 e. The normalized spacial score (nSPS) is 32.9. The van der Waals surface area contributed by atoms with Crippen LogP contribution in [0, 0.1) is 5.41 Å². The first kappa shape index (κ1) is 70.3. The van der Waals surface area contributed by atoms with Gasteiger partial charge in [-0.15, -0.1) is 20.4 Å². The average Bonchev–Trinajstić information content (AvgIpc) is 3.82. The highest BCUT2D eigenvalue weighted by atomic mass is 16.7. The molecule has 4 fully saturated rings. The maximum atomic E-state index is 10.4. The lowest BCUT2D eigenvalue weighted by atomic mass is 9.92. The molecule has 8 rings (SSSR count). The van der Waals surface area contributed by atoms with Gasteiger partial charge in [-0.3, -0.25) is 0 Å². The summed E-state index contributed by atoms with van der Waals surface area (Å²) in [6, 6.07) is 0. The zero-order chi connectivity index (χ0) is 63.8. The molecule has 0 aliphatic carbocycles. The van der Waals surface area contributed by atoms with Gasteiger partial charge in [-0.2, -0.15) is 0 Å². The van der Waals surface area contributed by atoms with E-state index in [0.717, 1.165) is 0 Å². The summed E-state index contributed by atoms with van der Waals surface area (Å²) in [6.07, 6.45) is -23.1. The molecule has 4 saturated heterocycles. The number of ether oxygens (including phenoxy) is 12. The van der Waals surface area contributed by atoms with Gasteiger partial charge in [0.15, 0.2) is 25.2 Å². The highest BCUT2D eigenvalue weighted by Crippen LogP contribution is 2.27. The average molecular weight is 1290 g/mol. The van der Waals surface area contributed by atoms with Crippen molar-refractivity contribution in [2.24, 2.45) is 5.41 Å². The van der Waals surface area contributed by atoms with E-state index in [-0.39, 0.29) is 105 Å². The van der Waals surface area contributed by atoms with Crippen molar-refractivity contribution in [1.29, 1.82) is 0 Å². The fraction of sp³-hybridized carbons (Fsp3) is 0.837. The SMILES string of the molecule is OC[C@H]1O[C@H](OCCn2cc(COCC(COCc3cn(CCO[C@H]4O[C@H](CO)[C@@H](O)[C@H](O)[C@@H]4O)nn3)(COCc3cn(CCO[C@H]4O[C@H](CO)[C@@H](O)[C@H](O)[C@@H]4O)nn3)COCc3cn(CCO[C@H]4O[C@H](CO)[C@@H](O)[C@H](O)[C@@H]4O)nn3)nn2)[C@@H](O)[C@@H](O)[C@@H]1O. The molecule has 4 aromatic rings. The highest BCUT2D eigenvalue weighted by Gasteiger charge is 2.47. The Morgan fingerprint density at radius 2 is 0.539 bits per heavy atom. The van der Waals surface area contributed by atoms with Crippen molar-refractivity contribution in [2.45, 2.75) is 175 Å². The molecule has 4 aliphatic rings. The van der Waals surface area contributed by atoms with Gasteiger partial charge in [-0.25, -0.2) is 18.7 Å². The van der Waals surface area contributed by atoms with E-state index >= 15 is 0 Å². The van der Waals surface area contributed by atoms with Crippen molar-refractivity contribution in [3.63, 3.8) is 0 Å². The third-order valence-corrected chi connectivity index (χ3v) is 14.8. The summed E-state index contributed by atoms with van der Waals surface area (Å²) in [5.41, 5.74) is 0.262. The third-order valence-electron chi connectivity index (χ3n) is 14.8. The molecular weight excluding hydrogens is 1200 g/mol. The molecule has 20 atom stereocenters. The minimum absolute atomic E-state index is 0.0865. The molecule has 40 heteroatoms. The number of rotatable bonds is 36. The van der Waals surface area contributed by atoms with Gasteiger partial charge in [0.1, 0.15) is 120 Å². The smallest absolute Gasteiger partial charge is 0.186 e. The Morgan fingerprint density at radius 3 is 0.742 bits per heavy atom. The molecule has 8 heterocycles. The van der Waals surface area contributed by atoms with E-state index in [1.165, 1.54) is 18.7 Å². The Kier molecular flexibility index (Phi) is 26.7. The Morgan fingerprint density at radius 1 is 0.326 bits per heavy atom. The molecule has 40 nitrogen and oxygen atoms in total. The Labute approximate surface area is 505 Å². The maximum absolute atomic E-state index is 10.4. The topological polar surface area (TPSA) is 557 Å². The monoisotopic (exact) mass is 1280 g/mol. The lowest BCUT2D eigenvalue weighted by molar-refractivity contribution is -0.301. The molecule has 0 saturated carbocycles. The summed E-state index contributed by atoms with van der Waals surface area (Å²) < 4.78 is 74.9. The van der Waals surface area contributed by atoms with Crippen molar-refractivity contribution in [3.8, 4) is 0 Å². The molecule has 0 spiro atoms. The summed E-state index contributed by atoms with van der Waals surface area (Å²) in [7, 11) is 0. The molecule has 0 amide bonds. The van der Waals surface area contributed by atoms with Crippen LogP contribution >= 0.6 is 0 Å². The molecule has 0 radical (unpaired) electrons. The first-order valence-corrected chi connectivity index (χ1v) is 28.4. The van der Waals surface area contributed by atoms with Crippen LogP contribution in [-0.4, -0.2) is 344 Å². The van der Waals surface area contributed by atoms with Crippen LogP contribution in [0.3, 0.4) is 0 Å². The minimum atomic E-state index is -1.63. The zero-order valence-corrected chi connectivity index (χ0v) is 47.9. The van der Waals surface area contributed by atoms with Gasteiger partial charge < -0.3 is 139 Å². The van der Waals surface area contributed by atoms with Gasteiger partial charge in [0.05, 0.1) is 162 Å². The van der Waals surface area contributed by atoms with E-state index in [2.05, 4.69) is 41.2 Å². The number of nitrogens with zero attached hydrogens (tertiary/aromatic N) is 12. The van der Waals surface area contributed by atoms with Crippen LogP contribution in [0.2, 0.25) is 0 Å². The Hall–Kier alpha value is -4.56. The van der Waals surface area contributed by atoms with E-state index in [4.69, 9.17) is 56.8 Å². The minimum Gasteiger partial charge on any atom is -0.394 e. The van der Waals surface area contributed by atoms with Gasteiger partial charge in [-0.05, 0) is 0 Å². The van der Waals surface area contributed by atoms with Crippen LogP contribution in [-0.2, 0) is 109 Å². The van der Waals surface area contributed by atoms with Gasteiger partial charge >= 0.3 is 0 Å². The van der Waals surface area contributed by atoms with Crippen LogP contribution in [0.5, 0.6) is 0 Å². The predicted octanol–water partition coefficient (Wildman–Crippen LogP) is -11.5. The first-order valence-electron chi connectivity index (χ1n) is 28.4. The first-order chi connectivity index (χ1) is 42.8.